The highest BCUT2D eigenvalue weighted by Crippen LogP contribution is 2.19. The number of amides is 10. The molecule has 1 rings (SSSR count). The molecule has 32 nitrogen and oxygen atoms in total. The summed E-state index contributed by atoms with van der Waals surface area (Å²) in [5.74, 6) is -15.7. The SMILES string of the molecule is CSC[C@H](NC(=O)CNC(=O)[C@H](CC(C)C)NC(=O)[C@@H]1CCCN1C(=O)COCCNC(=O)[C@@H](CCC(=O)O)NC(=O)[C@@H](CCC(=O)O)NC(=O)[C@@H](CCC(=O)O)NC(=O)[C@@H](CCC(=O)O)NC(=O)[C@H](N)CCC(=O)O)C(=O)NC(C)C. The Morgan fingerprint density at radius 1 is 0.537 bits per heavy atom. The van der Waals surface area contributed by atoms with Crippen LogP contribution in [0.2, 0.25) is 0 Å². The average Bonchev–Trinajstić information content (AvgIpc) is 4.00. The Kier molecular flexibility index (Phi) is 33.6. The molecule has 10 amide bonds. The van der Waals surface area contributed by atoms with E-state index < -0.39 is 208 Å². The van der Waals surface area contributed by atoms with Crippen molar-refractivity contribution in [1.29, 1.82) is 0 Å². The molecular formula is C49H79N11O21S. The third-order valence-corrected chi connectivity index (χ3v) is 12.6. The first-order chi connectivity index (χ1) is 38.4. The lowest BCUT2D eigenvalue weighted by atomic mass is 10.0. The lowest BCUT2D eigenvalue weighted by molar-refractivity contribution is -0.142. The maximum atomic E-state index is 13.7. The van der Waals surface area contributed by atoms with Crippen molar-refractivity contribution in [1.82, 2.24) is 52.8 Å². The van der Waals surface area contributed by atoms with E-state index in [0.717, 1.165) is 0 Å². The second kappa shape index (κ2) is 38.1. The van der Waals surface area contributed by atoms with Crippen LogP contribution in [0.4, 0.5) is 0 Å². The molecular weight excluding hydrogens is 1110 g/mol. The van der Waals surface area contributed by atoms with Crippen molar-refractivity contribution in [3.8, 4) is 0 Å². The van der Waals surface area contributed by atoms with Crippen LogP contribution >= 0.6 is 11.8 Å². The Morgan fingerprint density at radius 2 is 0.963 bits per heavy atom. The molecule has 462 valence electrons. The number of aliphatic carboxylic acids is 5. The van der Waals surface area contributed by atoms with Gasteiger partial charge in [-0.2, -0.15) is 11.8 Å². The van der Waals surface area contributed by atoms with Crippen LogP contribution in [0, 0.1) is 5.92 Å². The minimum atomic E-state index is -1.86. The fraction of sp³-hybridized carbons (Fsp3) is 0.694. The first kappa shape index (κ1) is 72.3. The number of carboxylic acid groups (broad SMARTS) is 5. The van der Waals surface area contributed by atoms with Crippen LogP contribution in [-0.2, 0) is 76.7 Å². The fourth-order valence-electron chi connectivity index (χ4n) is 7.84. The summed E-state index contributed by atoms with van der Waals surface area (Å²) in [5.41, 5.74) is 5.72. The smallest absolute Gasteiger partial charge is 0.303 e. The second-order valence-corrected chi connectivity index (χ2v) is 20.7. The number of ether oxygens (including phenoxy) is 1. The predicted octanol–water partition coefficient (Wildman–Crippen LogP) is -4.28. The third-order valence-electron chi connectivity index (χ3n) is 12.0. The van der Waals surface area contributed by atoms with Crippen molar-refractivity contribution >= 4 is 101 Å². The van der Waals surface area contributed by atoms with Gasteiger partial charge in [0.15, 0.2) is 0 Å². The van der Waals surface area contributed by atoms with E-state index >= 15 is 0 Å². The van der Waals surface area contributed by atoms with Crippen LogP contribution in [0.1, 0.15) is 111 Å². The highest BCUT2D eigenvalue weighted by atomic mass is 32.2. The van der Waals surface area contributed by atoms with E-state index in [0.29, 0.717) is 6.42 Å². The fourth-order valence-corrected chi connectivity index (χ4v) is 8.41. The van der Waals surface area contributed by atoms with E-state index in [2.05, 4.69) is 47.9 Å². The summed E-state index contributed by atoms with van der Waals surface area (Å²) in [5, 5.41) is 68.1. The van der Waals surface area contributed by atoms with Gasteiger partial charge in [-0.05, 0) is 77.4 Å². The van der Waals surface area contributed by atoms with Crippen LogP contribution in [-0.4, -0.2) is 219 Å². The molecule has 33 heteroatoms. The predicted molar refractivity (Wildman–Crippen MR) is 287 cm³/mol. The largest absolute Gasteiger partial charge is 0.481 e. The van der Waals surface area contributed by atoms with Crippen LogP contribution in [0.15, 0.2) is 0 Å². The van der Waals surface area contributed by atoms with E-state index in [1.54, 1.807) is 20.1 Å². The lowest BCUT2D eigenvalue weighted by Gasteiger charge is -2.27. The molecule has 0 radical (unpaired) electrons. The van der Waals surface area contributed by atoms with Crippen LogP contribution < -0.4 is 53.6 Å². The van der Waals surface area contributed by atoms with Crippen LogP contribution in [0.25, 0.3) is 0 Å². The number of thioether (sulfide) groups is 1. The summed E-state index contributed by atoms with van der Waals surface area (Å²) >= 11 is 1.34. The molecule has 1 heterocycles. The highest BCUT2D eigenvalue weighted by molar-refractivity contribution is 7.98. The Hall–Kier alpha value is -7.68. The minimum absolute atomic E-state index is 0.0971. The molecule has 0 aromatic rings. The van der Waals surface area contributed by atoms with Gasteiger partial charge in [0.05, 0.1) is 19.2 Å². The normalized spacial score (nSPS) is 15.4. The van der Waals surface area contributed by atoms with Gasteiger partial charge >= 0.3 is 29.8 Å². The number of nitrogens with zero attached hydrogens (tertiary/aromatic N) is 1. The number of hydrogen-bond donors (Lipinski definition) is 15. The molecule has 0 aromatic carbocycles. The summed E-state index contributed by atoms with van der Waals surface area (Å²) in [6.45, 7) is 5.55. The molecule has 16 N–H and O–H groups in total. The maximum absolute atomic E-state index is 13.7. The Balaban J connectivity index is 3.10. The number of nitrogens with one attached hydrogen (secondary N) is 9. The molecule has 0 aliphatic carbocycles. The first-order valence-corrected chi connectivity index (χ1v) is 27.7. The molecule has 0 aromatic heterocycles. The zero-order chi connectivity index (χ0) is 62.2. The average molecular weight is 1190 g/mol. The topological polar surface area (TPSA) is 504 Å². The summed E-state index contributed by atoms with van der Waals surface area (Å²) < 4.78 is 5.47. The summed E-state index contributed by atoms with van der Waals surface area (Å²) in [7, 11) is 0. The third kappa shape index (κ3) is 29.7. The van der Waals surface area contributed by atoms with E-state index in [4.69, 9.17) is 15.6 Å². The van der Waals surface area contributed by atoms with Crippen molar-refractivity contribution < 1.29 is 102 Å². The van der Waals surface area contributed by atoms with Gasteiger partial charge in [0.1, 0.15) is 48.9 Å². The van der Waals surface area contributed by atoms with Gasteiger partial charge in [0, 0.05) is 57.0 Å². The number of carboxylic acids is 5. The second-order valence-electron chi connectivity index (χ2n) is 19.7. The van der Waals surface area contributed by atoms with E-state index in [1.807, 2.05) is 13.8 Å². The van der Waals surface area contributed by atoms with Crippen molar-refractivity contribution in [2.45, 2.75) is 166 Å². The Morgan fingerprint density at radius 3 is 1.40 bits per heavy atom. The Bertz CT molecular complexity index is 2270. The number of carbonyl (C=O) groups excluding carboxylic acids is 10. The van der Waals surface area contributed by atoms with Crippen LogP contribution in [0.3, 0.4) is 0 Å². The van der Waals surface area contributed by atoms with Crippen LogP contribution in [0.5, 0.6) is 0 Å². The number of rotatable bonds is 41. The zero-order valence-corrected chi connectivity index (χ0v) is 47.2. The van der Waals surface area contributed by atoms with Gasteiger partial charge in [-0.15, -0.1) is 0 Å². The van der Waals surface area contributed by atoms with Crippen molar-refractivity contribution in [3.63, 3.8) is 0 Å². The monoisotopic (exact) mass is 1190 g/mol. The molecule has 0 unspecified atom stereocenters. The number of carbonyl (C=O) groups is 15. The van der Waals surface area contributed by atoms with Gasteiger partial charge < -0.3 is 88.8 Å². The molecule has 0 spiro atoms. The van der Waals surface area contributed by atoms with E-state index in [1.165, 1.54) is 16.7 Å². The molecule has 0 bridgehead atoms. The van der Waals surface area contributed by atoms with Crippen molar-refractivity contribution in [2.24, 2.45) is 11.7 Å². The summed E-state index contributed by atoms with van der Waals surface area (Å²) in [6.07, 6.45) is -3.88. The number of nitrogens with two attached hydrogens (primary N) is 1. The van der Waals surface area contributed by atoms with Gasteiger partial charge in [-0.1, -0.05) is 13.8 Å². The number of likely N-dealkylation sites (tertiary alicyclic amines) is 1. The maximum Gasteiger partial charge on any atom is 0.303 e. The summed E-state index contributed by atoms with van der Waals surface area (Å²) in [4.78, 5) is 191. The van der Waals surface area contributed by atoms with Gasteiger partial charge in [-0.25, -0.2) is 0 Å². The lowest BCUT2D eigenvalue weighted by Crippen LogP contribution is -2.59. The zero-order valence-electron chi connectivity index (χ0n) is 46.4. The van der Waals surface area contributed by atoms with E-state index in [9.17, 15) is 92.3 Å². The molecule has 1 saturated heterocycles. The van der Waals surface area contributed by atoms with Gasteiger partial charge in [-0.3, -0.25) is 71.9 Å². The first-order valence-electron chi connectivity index (χ1n) is 26.3. The number of hydrogen-bond acceptors (Lipinski definition) is 18. The molecule has 1 aliphatic rings. The molecule has 8 atom stereocenters. The molecule has 1 aliphatic heterocycles. The van der Waals surface area contributed by atoms with Crippen molar-refractivity contribution in [3.05, 3.63) is 0 Å². The van der Waals surface area contributed by atoms with Gasteiger partial charge in [0.25, 0.3) is 0 Å². The molecule has 82 heavy (non-hydrogen) atoms. The summed E-state index contributed by atoms with van der Waals surface area (Å²) in [6, 6.07) is -11.7. The quantitative estimate of drug-likeness (QED) is 0.0258. The van der Waals surface area contributed by atoms with Crippen molar-refractivity contribution in [2.75, 3.05) is 44.9 Å². The van der Waals surface area contributed by atoms with E-state index in [-0.39, 0.29) is 56.7 Å². The standard InChI is InChI=1S/C49H79N11O21S/c1-25(2)21-32(44(75)52-22-35(61)54-33(24-82-5)48(79)53-26(3)4)59-49(80)34-7-6-19-60(34)36(62)23-81-20-18-51-43(74)28(9-14-38(65)66)56-46(77)30(11-16-40(69)70)58-47(78)31(12-17-41(71)72)57-45(76)29(10-15-39(67)68)55-42(73)27(50)8-13-37(63)64/h25-34H,6-24,50H2,1-5H3,(H,51,74)(H,52,75)(H,53,79)(H,54,61)(H,55,73)(H,56,77)(H,57,76)(H,58,78)(H,59,80)(H,63,64)(H,65,66)(H,67,68)(H,69,70)(H,71,72)/t27-,28-,29-,30-,31-,32+,33+,34+/m1/s1. The van der Waals surface area contributed by atoms with Gasteiger partial charge in [0.2, 0.25) is 59.1 Å². The highest BCUT2D eigenvalue weighted by Gasteiger charge is 2.37. The Labute approximate surface area is 476 Å². The minimum Gasteiger partial charge on any atom is -0.481 e. The molecule has 1 fully saturated rings. The molecule has 0 saturated carbocycles.